The van der Waals surface area contributed by atoms with Crippen LogP contribution in [-0.2, 0) is 0 Å². The Morgan fingerprint density at radius 2 is 2.40 bits per heavy atom. The van der Waals surface area contributed by atoms with Gasteiger partial charge in [0.1, 0.15) is 11.3 Å². The number of rotatable bonds is 1. The highest BCUT2D eigenvalue weighted by atomic mass is 16.5. The van der Waals surface area contributed by atoms with Gasteiger partial charge in [-0.25, -0.2) is 9.97 Å². The van der Waals surface area contributed by atoms with E-state index in [1.807, 2.05) is 0 Å². The molecule has 3 rings (SSSR count). The van der Waals surface area contributed by atoms with Gasteiger partial charge in [0.2, 0.25) is 5.58 Å². The lowest BCUT2D eigenvalue weighted by Crippen LogP contribution is -2.29. The molecular formula is C10H12N4O. The molecule has 0 amide bonds. The summed E-state index contributed by atoms with van der Waals surface area (Å²) in [4.78, 5) is 8.77. The predicted molar refractivity (Wildman–Crippen MR) is 54.4 cm³/mol. The number of hydrogen-bond acceptors (Lipinski definition) is 5. The lowest BCUT2D eigenvalue weighted by atomic mass is 9.99. The van der Waals surface area contributed by atoms with Crippen molar-refractivity contribution in [2.24, 2.45) is 0 Å². The molecule has 1 aliphatic rings. The third kappa shape index (κ3) is 1.59. The summed E-state index contributed by atoms with van der Waals surface area (Å²) in [7, 11) is 0. The van der Waals surface area contributed by atoms with Gasteiger partial charge >= 0.3 is 0 Å². The van der Waals surface area contributed by atoms with E-state index in [-0.39, 0.29) is 0 Å². The maximum absolute atomic E-state index is 4.97. The van der Waals surface area contributed by atoms with Gasteiger partial charge in [-0.05, 0) is 19.4 Å². The molecule has 3 heterocycles. The molecule has 0 spiro atoms. The number of hydrogen-bond donors (Lipinski definition) is 1. The molecule has 1 saturated heterocycles. The number of piperidine rings is 1. The van der Waals surface area contributed by atoms with Crippen LogP contribution in [0, 0.1) is 0 Å². The van der Waals surface area contributed by atoms with Crippen LogP contribution in [0.25, 0.3) is 11.1 Å². The van der Waals surface area contributed by atoms with Crippen molar-refractivity contribution in [3.8, 4) is 0 Å². The maximum atomic E-state index is 4.97. The fraction of sp³-hybridized carbons (Fsp3) is 0.500. The average molecular weight is 204 g/mol. The molecule has 5 heteroatoms. The van der Waals surface area contributed by atoms with Gasteiger partial charge in [-0.15, -0.1) is 0 Å². The van der Waals surface area contributed by atoms with Crippen LogP contribution in [0.3, 0.4) is 0 Å². The standard InChI is InChI=1S/C10H12N4O/c1-2-7(4-11-3-1)10-12-6-9-8(14-10)5-13-15-9/h5-7,11H,1-4H2. The fourth-order valence-corrected chi connectivity index (χ4v) is 1.96. The Balaban J connectivity index is 1.95. The Labute approximate surface area is 86.9 Å². The van der Waals surface area contributed by atoms with Crippen LogP contribution in [-0.4, -0.2) is 28.2 Å². The van der Waals surface area contributed by atoms with E-state index in [1.54, 1.807) is 12.4 Å². The number of nitrogens with zero attached hydrogens (tertiary/aromatic N) is 3. The van der Waals surface area contributed by atoms with E-state index in [0.717, 1.165) is 30.9 Å². The maximum Gasteiger partial charge on any atom is 0.203 e. The molecule has 2 aromatic heterocycles. The van der Waals surface area contributed by atoms with Crippen molar-refractivity contribution < 1.29 is 4.52 Å². The zero-order chi connectivity index (χ0) is 10.1. The number of nitrogens with one attached hydrogen (secondary N) is 1. The summed E-state index contributed by atoms with van der Waals surface area (Å²) in [5.41, 5.74) is 1.45. The highest BCUT2D eigenvalue weighted by Gasteiger charge is 2.18. The molecule has 78 valence electrons. The van der Waals surface area contributed by atoms with Crippen LogP contribution in [0.15, 0.2) is 16.9 Å². The Bertz CT molecular complexity index is 461. The third-order valence-corrected chi connectivity index (χ3v) is 2.79. The zero-order valence-electron chi connectivity index (χ0n) is 8.31. The Morgan fingerprint density at radius 1 is 1.40 bits per heavy atom. The van der Waals surface area contributed by atoms with Crippen LogP contribution in [0.5, 0.6) is 0 Å². The summed E-state index contributed by atoms with van der Waals surface area (Å²) in [6.07, 6.45) is 5.69. The van der Waals surface area contributed by atoms with Gasteiger partial charge in [0.25, 0.3) is 0 Å². The average Bonchev–Trinajstić information content (AvgIpc) is 2.77. The van der Waals surface area contributed by atoms with E-state index in [0.29, 0.717) is 11.5 Å². The van der Waals surface area contributed by atoms with Crippen molar-refractivity contribution in [3.63, 3.8) is 0 Å². The minimum absolute atomic E-state index is 0.429. The van der Waals surface area contributed by atoms with E-state index in [2.05, 4.69) is 20.4 Å². The van der Waals surface area contributed by atoms with Crippen LogP contribution in [0.2, 0.25) is 0 Å². The first kappa shape index (κ1) is 8.79. The van der Waals surface area contributed by atoms with Crippen LogP contribution in [0.1, 0.15) is 24.6 Å². The third-order valence-electron chi connectivity index (χ3n) is 2.79. The molecule has 1 aliphatic heterocycles. The first-order valence-corrected chi connectivity index (χ1v) is 5.21. The molecule has 2 aromatic rings. The second kappa shape index (κ2) is 3.58. The summed E-state index contributed by atoms with van der Waals surface area (Å²) in [6, 6.07) is 0. The molecule has 1 fully saturated rings. The van der Waals surface area contributed by atoms with E-state index in [4.69, 9.17) is 4.52 Å². The zero-order valence-corrected chi connectivity index (χ0v) is 8.31. The molecule has 1 atom stereocenters. The molecule has 0 radical (unpaired) electrons. The summed E-state index contributed by atoms with van der Waals surface area (Å²) < 4.78 is 4.97. The van der Waals surface area contributed by atoms with Crippen LogP contribution >= 0.6 is 0 Å². The second-order valence-corrected chi connectivity index (χ2v) is 3.85. The summed E-state index contributed by atoms with van der Waals surface area (Å²) >= 11 is 0. The van der Waals surface area contributed by atoms with E-state index in [1.165, 1.54) is 6.42 Å². The SMILES string of the molecule is c1noc2cnc(C3CCCNC3)nc12. The minimum atomic E-state index is 0.429. The molecule has 15 heavy (non-hydrogen) atoms. The molecule has 0 aromatic carbocycles. The smallest absolute Gasteiger partial charge is 0.203 e. The Morgan fingerprint density at radius 3 is 3.27 bits per heavy atom. The molecule has 0 saturated carbocycles. The molecule has 5 nitrogen and oxygen atoms in total. The molecule has 0 bridgehead atoms. The Kier molecular flexibility index (Phi) is 2.10. The van der Waals surface area contributed by atoms with Gasteiger partial charge in [-0.3, -0.25) is 0 Å². The fourth-order valence-electron chi connectivity index (χ4n) is 1.96. The van der Waals surface area contributed by atoms with Crippen molar-refractivity contribution in [3.05, 3.63) is 18.2 Å². The minimum Gasteiger partial charge on any atom is -0.353 e. The molecule has 1 N–H and O–H groups in total. The topological polar surface area (TPSA) is 63.8 Å². The summed E-state index contributed by atoms with van der Waals surface area (Å²) in [6.45, 7) is 2.07. The van der Waals surface area contributed by atoms with Crippen molar-refractivity contribution in [1.29, 1.82) is 0 Å². The van der Waals surface area contributed by atoms with Crippen molar-refractivity contribution in [2.45, 2.75) is 18.8 Å². The quantitative estimate of drug-likeness (QED) is 0.753. The van der Waals surface area contributed by atoms with Gasteiger partial charge in [0.05, 0.1) is 12.4 Å². The lowest BCUT2D eigenvalue weighted by molar-refractivity contribution is 0.444. The van der Waals surface area contributed by atoms with E-state index >= 15 is 0 Å². The first-order valence-electron chi connectivity index (χ1n) is 5.21. The van der Waals surface area contributed by atoms with E-state index < -0.39 is 0 Å². The van der Waals surface area contributed by atoms with Gasteiger partial charge in [0, 0.05) is 12.5 Å². The Hall–Kier alpha value is -1.49. The largest absolute Gasteiger partial charge is 0.353 e. The summed E-state index contributed by atoms with van der Waals surface area (Å²) in [5.74, 6) is 1.33. The van der Waals surface area contributed by atoms with Crippen molar-refractivity contribution in [1.82, 2.24) is 20.4 Å². The van der Waals surface area contributed by atoms with Crippen LogP contribution < -0.4 is 5.32 Å². The highest BCUT2D eigenvalue weighted by Crippen LogP contribution is 2.21. The second-order valence-electron chi connectivity index (χ2n) is 3.85. The molecular weight excluding hydrogens is 192 g/mol. The normalized spacial score (nSPS) is 22.0. The van der Waals surface area contributed by atoms with Crippen LogP contribution in [0.4, 0.5) is 0 Å². The summed E-state index contributed by atoms with van der Waals surface area (Å²) in [5, 5.41) is 7.05. The van der Waals surface area contributed by atoms with Gasteiger partial charge in [-0.2, -0.15) is 0 Å². The lowest BCUT2D eigenvalue weighted by Gasteiger charge is -2.20. The van der Waals surface area contributed by atoms with Crippen molar-refractivity contribution in [2.75, 3.05) is 13.1 Å². The molecule has 0 aliphatic carbocycles. The number of fused-ring (bicyclic) bond motifs is 1. The monoisotopic (exact) mass is 204 g/mol. The van der Waals surface area contributed by atoms with E-state index in [9.17, 15) is 0 Å². The van der Waals surface area contributed by atoms with Gasteiger partial charge < -0.3 is 9.84 Å². The van der Waals surface area contributed by atoms with Gasteiger partial charge in [-0.1, -0.05) is 5.16 Å². The van der Waals surface area contributed by atoms with Crippen molar-refractivity contribution >= 4 is 11.1 Å². The molecule has 1 unspecified atom stereocenters. The predicted octanol–water partition coefficient (Wildman–Crippen LogP) is 1.08. The van der Waals surface area contributed by atoms with Gasteiger partial charge in [0.15, 0.2) is 0 Å². The first-order chi connectivity index (χ1) is 7.43. The highest BCUT2D eigenvalue weighted by molar-refractivity contribution is 5.69. The number of aromatic nitrogens is 3.